The van der Waals surface area contributed by atoms with Crippen molar-refractivity contribution < 1.29 is 19.1 Å². The minimum atomic E-state index is -0.561. The van der Waals surface area contributed by atoms with Crippen LogP contribution in [0.4, 0.5) is 0 Å². The Morgan fingerprint density at radius 2 is 1.68 bits per heavy atom. The van der Waals surface area contributed by atoms with Crippen LogP contribution in [0.5, 0.6) is 11.5 Å². The van der Waals surface area contributed by atoms with Gasteiger partial charge in [-0.3, -0.25) is 9.59 Å². The Kier molecular flexibility index (Phi) is 8.34. The van der Waals surface area contributed by atoms with Gasteiger partial charge < -0.3 is 19.7 Å². The Hall–Kier alpha value is -3.02. The third kappa shape index (κ3) is 6.01. The van der Waals surface area contributed by atoms with Crippen molar-refractivity contribution in [2.24, 2.45) is 0 Å². The first-order chi connectivity index (χ1) is 13.6. The summed E-state index contributed by atoms with van der Waals surface area (Å²) in [5.74, 6) is 0.959. The SMILES string of the molecule is CCNC(=O)C(CC)N(Cc1ccc(OC)cc1)C(=O)COc1ccccc1. The van der Waals surface area contributed by atoms with Crippen LogP contribution in [0.2, 0.25) is 0 Å². The molecule has 0 saturated heterocycles. The summed E-state index contributed by atoms with van der Waals surface area (Å²) in [7, 11) is 1.61. The summed E-state index contributed by atoms with van der Waals surface area (Å²) in [6.45, 7) is 4.46. The highest BCUT2D eigenvalue weighted by Crippen LogP contribution is 2.17. The van der Waals surface area contributed by atoms with Gasteiger partial charge in [0.1, 0.15) is 17.5 Å². The zero-order valence-corrected chi connectivity index (χ0v) is 16.7. The van der Waals surface area contributed by atoms with E-state index < -0.39 is 6.04 Å². The number of benzene rings is 2. The van der Waals surface area contributed by atoms with Gasteiger partial charge in [-0.2, -0.15) is 0 Å². The molecule has 28 heavy (non-hydrogen) atoms. The van der Waals surface area contributed by atoms with E-state index in [2.05, 4.69) is 5.32 Å². The summed E-state index contributed by atoms with van der Waals surface area (Å²) in [4.78, 5) is 27.0. The second-order valence-corrected chi connectivity index (χ2v) is 6.29. The van der Waals surface area contributed by atoms with Crippen molar-refractivity contribution in [1.29, 1.82) is 0 Å². The van der Waals surface area contributed by atoms with E-state index in [1.54, 1.807) is 24.1 Å². The molecule has 2 rings (SSSR count). The quantitative estimate of drug-likeness (QED) is 0.684. The molecular formula is C22H28N2O4. The number of nitrogens with one attached hydrogen (secondary N) is 1. The fourth-order valence-corrected chi connectivity index (χ4v) is 2.88. The third-order valence-corrected chi connectivity index (χ3v) is 4.35. The number of carbonyl (C=O) groups is 2. The maximum Gasteiger partial charge on any atom is 0.261 e. The molecule has 0 saturated carbocycles. The Balaban J connectivity index is 2.17. The number of carbonyl (C=O) groups excluding carboxylic acids is 2. The van der Waals surface area contributed by atoms with Crippen molar-refractivity contribution in [2.75, 3.05) is 20.3 Å². The Labute approximate surface area is 166 Å². The maximum atomic E-state index is 12.9. The molecule has 0 bridgehead atoms. The molecule has 0 heterocycles. The van der Waals surface area contributed by atoms with Crippen molar-refractivity contribution in [3.63, 3.8) is 0 Å². The van der Waals surface area contributed by atoms with Crippen molar-refractivity contribution in [3.05, 3.63) is 60.2 Å². The van der Waals surface area contributed by atoms with E-state index in [0.717, 1.165) is 11.3 Å². The van der Waals surface area contributed by atoms with Crippen molar-refractivity contribution in [2.45, 2.75) is 32.9 Å². The summed E-state index contributed by atoms with van der Waals surface area (Å²) >= 11 is 0. The molecule has 0 aliphatic carbocycles. The summed E-state index contributed by atoms with van der Waals surface area (Å²) in [6.07, 6.45) is 0.513. The number of nitrogens with zero attached hydrogens (tertiary/aromatic N) is 1. The van der Waals surface area contributed by atoms with Crippen LogP contribution in [0, 0.1) is 0 Å². The van der Waals surface area contributed by atoms with Crippen LogP contribution in [0.25, 0.3) is 0 Å². The molecule has 0 fully saturated rings. The first-order valence-corrected chi connectivity index (χ1v) is 9.47. The van der Waals surface area contributed by atoms with Gasteiger partial charge in [0.2, 0.25) is 5.91 Å². The van der Waals surface area contributed by atoms with Crippen LogP contribution >= 0.6 is 0 Å². The maximum absolute atomic E-state index is 12.9. The monoisotopic (exact) mass is 384 g/mol. The molecule has 0 spiro atoms. The van der Waals surface area contributed by atoms with Crippen LogP contribution in [0.1, 0.15) is 25.8 Å². The third-order valence-electron chi connectivity index (χ3n) is 4.35. The Bertz CT molecular complexity index is 747. The molecule has 0 aliphatic heterocycles. The second-order valence-electron chi connectivity index (χ2n) is 6.29. The molecule has 0 aromatic heterocycles. The van der Waals surface area contributed by atoms with Gasteiger partial charge in [0.05, 0.1) is 7.11 Å². The lowest BCUT2D eigenvalue weighted by Gasteiger charge is -2.30. The van der Waals surface area contributed by atoms with Gasteiger partial charge in [0, 0.05) is 13.1 Å². The lowest BCUT2D eigenvalue weighted by atomic mass is 10.1. The van der Waals surface area contributed by atoms with E-state index in [4.69, 9.17) is 9.47 Å². The molecule has 1 atom stereocenters. The van der Waals surface area contributed by atoms with E-state index in [1.165, 1.54) is 0 Å². The predicted molar refractivity (Wildman–Crippen MR) is 108 cm³/mol. The van der Waals surface area contributed by atoms with Crippen LogP contribution in [0.3, 0.4) is 0 Å². The molecule has 1 N–H and O–H groups in total. The zero-order valence-electron chi connectivity index (χ0n) is 16.7. The number of para-hydroxylation sites is 1. The largest absolute Gasteiger partial charge is 0.497 e. The van der Waals surface area contributed by atoms with Gasteiger partial charge in [-0.05, 0) is 43.2 Å². The highest BCUT2D eigenvalue weighted by molar-refractivity contribution is 5.88. The fraction of sp³-hybridized carbons (Fsp3) is 0.364. The first-order valence-electron chi connectivity index (χ1n) is 9.47. The summed E-state index contributed by atoms with van der Waals surface area (Å²) < 4.78 is 10.8. The lowest BCUT2D eigenvalue weighted by molar-refractivity contribution is -0.142. The highest BCUT2D eigenvalue weighted by Gasteiger charge is 2.28. The number of hydrogen-bond donors (Lipinski definition) is 1. The molecule has 0 aliphatic rings. The Morgan fingerprint density at radius 3 is 2.25 bits per heavy atom. The highest BCUT2D eigenvalue weighted by atomic mass is 16.5. The smallest absolute Gasteiger partial charge is 0.261 e. The summed E-state index contributed by atoms with van der Waals surface area (Å²) in [5.41, 5.74) is 0.914. The average molecular weight is 384 g/mol. The minimum absolute atomic E-state index is 0.129. The van der Waals surface area contributed by atoms with E-state index in [0.29, 0.717) is 25.3 Å². The van der Waals surface area contributed by atoms with Gasteiger partial charge >= 0.3 is 0 Å². The van der Waals surface area contributed by atoms with E-state index >= 15 is 0 Å². The summed E-state index contributed by atoms with van der Waals surface area (Å²) in [5, 5.41) is 2.82. The second kappa shape index (κ2) is 11.0. The van der Waals surface area contributed by atoms with E-state index in [1.807, 2.05) is 56.3 Å². The molecule has 150 valence electrons. The van der Waals surface area contributed by atoms with Crippen LogP contribution in [-0.4, -0.2) is 43.0 Å². The van der Waals surface area contributed by atoms with Crippen LogP contribution in [-0.2, 0) is 16.1 Å². The average Bonchev–Trinajstić information content (AvgIpc) is 2.73. The zero-order chi connectivity index (χ0) is 20.4. The van der Waals surface area contributed by atoms with Crippen molar-refractivity contribution in [3.8, 4) is 11.5 Å². The fourth-order valence-electron chi connectivity index (χ4n) is 2.88. The molecule has 6 heteroatoms. The molecule has 2 amide bonds. The molecule has 0 radical (unpaired) electrons. The number of amides is 2. The molecular weight excluding hydrogens is 356 g/mol. The molecule has 1 unspecified atom stereocenters. The number of methoxy groups -OCH3 is 1. The predicted octanol–water partition coefficient (Wildman–Crippen LogP) is 3.02. The minimum Gasteiger partial charge on any atom is -0.497 e. The van der Waals surface area contributed by atoms with E-state index in [-0.39, 0.29) is 18.4 Å². The standard InChI is InChI=1S/C22H28N2O4/c1-4-20(22(26)23-5-2)24(15-17-11-13-18(27-3)14-12-17)21(25)16-28-19-9-7-6-8-10-19/h6-14,20H,4-5,15-16H2,1-3H3,(H,23,26). The van der Waals surface area contributed by atoms with Gasteiger partial charge in [0.25, 0.3) is 5.91 Å². The Morgan fingerprint density at radius 1 is 1.00 bits per heavy atom. The van der Waals surface area contributed by atoms with E-state index in [9.17, 15) is 9.59 Å². The van der Waals surface area contributed by atoms with Crippen molar-refractivity contribution in [1.82, 2.24) is 10.2 Å². The molecule has 6 nitrogen and oxygen atoms in total. The number of rotatable bonds is 10. The van der Waals surface area contributed by atoms with Crippen LogP contribution in [0.15, 0.2) is 54.6 Å². The topological polar surface area (TPSA) is 67.9 Å². The summed E-state index contributed by atoms with van der Waals surface area (Å²) in [6, 6.07) is 16.1. The number of likely N-dealkylation sites (N-methyl/N-ethyl adjacent to an activating group) is 1. The lowest BCUT2D eigenvalue weighted by Crippen LogP contribution is -2.50. The van der Waals surface area contributed by atoms with Gasteiger partial charge in [0.15, 0.2) is 6.61 Å². The number of ether oxygens (including phenoxy) is 2. The normalized spacial score (nSPS) is 11.4. The van der Waals surface area contributed by atoms with Crippen LogP contribution < -0.4 is 14.8 Å². The molecule has 2 aromatic rings. The number of hydrogen-bond acceptors (Lipinski definition) is 4. The van der Waals surface area contributed by atoms with Gasteiger partial charge in [-0.25, -0.2) is 0 Å². The first kappa shape index (κ1) is 21.3. The molecule has 2 aromatic carbocycles. The van der Waals surface area contributed by atoms with Crippen molar-refractivity contribution >= 4 is 11.8 Å². The van der Waals surface area contributed by atoms with Gasteiger partial charge in [-0.15, -0.1) is 0 Å². The van der Waals surface area contributed by atoms with Gasteiger partial charge in [-0.1, -0.05) is 37.3 Å².